The monoisotopic (exact) mass is 330 g/mol. The molecule has 0 amide bonds. The number of hydrogen-bond donors (Lipinski definition) is 1. The minimum Gasteiger partial charge on any atom is -0.507 e. The Labute approximate surface area is 143 Å². The van der Waals surface area contributed by atoms with Gasteiger partial charge >= 0.3 is 0 Å². The molecule has 0 bridgehead atoms. The Morgan fingerprint density at radius 3 is 2.48 bits per heavy atom. The fourth-order valence-corrected chi connectivity index (χ4v) is 2.89. The molecule has 122 valence electrons. The third-order valence-corrected chi connectivity index (χ3v) is 4.08. The van der Waals surface area contributed by atoms with Crippen molar-refractivity contribution in [2.45, 2.75) is 6.92 Å². The molecule has 1 N–H and O–H groups in total. The van der Waals surface area contributed by atoms with Crippen molar-refractivity contribution in [1.82, 2.24) is 10.2 Å². The molecule has 0 radical (unpaired) electrons. The van der Waals surface area contributed by atoms with E-state index < -0.39 is 0 Å². The van der Waals surface area contributed by atoms with Crippen LogP contribution in [0.2, 0.25) is 0 Å². The van der Waals surface area contributed by atoms with Crippen LogP contribution in [0.5, 0.6) is 5.75 Å². The molecule has 0 aliphatic heterocycles. The number of hydrogen-bond acceptors (Lipinski definition) is 5. The molecule has 0 aliphatic carbocycles. The number of Topliss-reactive ketones (excluding diaryl/α,β-unsaturated/α-hetero) is 1. The number of phenolic OH excluding ortho intramolecular Hbond substituents is 1. The van der Waals surface area contributed by atoms with E-state index in [1.54, 1.807) is 30.3 Å². The zero-order chi connectivity index (χ0) is 17.4. The summed E-state index contributed by atoms with van der Waals surface area (Å²) >= 11 is 0. The second-order valence-corrected chi connectivity index (χ2v) is 5.69. The van der Waals surface area contributed by atoms with Crippen LogP contribution in [0.15, 0.2) is 65.1 Å². The lowest BCUT2D eigenvalue weighted by atomic mass is 10.0. The van der Waals surface area contributed by atoms with Crippen molar-refractivity contribution < 1.29 is 14.3 Å². The number of rotatable bonds is 3. The number of aromatic hydroxyl groups is 1. The molecule has 0 spiro atoms. The summed E-state index contributed by atoms with van der Waals surface area (Å²) in [5.41, 5.74) is 1.57. The van der Waals surface area contributed by atoms with Crippen LogP contribution in [-0.2, 0) is 0 Å². The first-order valence-electron chi connectivity index (χ1n) is 7.80. The van der Waals surface area contributed by atoms with Crippen LogP contribution < -0.4 is 0 Å². The van der Waals surface area contributed by atoms with Gasteiger partial charge in [0.25, 0.3) is 5.89 Å². The predicted molar refractivity (Wildman–Crippen MR) is 94.3 cm³/mol. The van der Waals surface area contributed by atoms with Gasteiger partial charge in [0, 0.05) is 11.1 Å². The Hall–Kier alpha value is -3.47. The average molecular weight is 330 g/mol. The van der Waals surface area contributed by atoms with Crippen molar-refractivity contribution in [2.75, 3.05) is 0 Å². The zero-order valence-electron chi connectivity index (χ0n) is 13.4. The zero-order valence-corrected chi connectivity index (χ0v) is 13.4. The molecule has 0 saturated heterocycles. The minimum absolute atomic E-state index is 0.0637. The average Bonchev–Trinajstić information content (AvgIpc) is 3.11. The van der Waals surface area contributed by atoms with Crippen LogP contribution in [-0.4, -0.2) is 21.1 Å². The summed E-state index contributed by atoms with van der Waals surface area (Å²) in [6.45, 7) is 1.49. The first-order valence-corrected chi connectivity index (χ1v) is 7.80. The number of nitrogens with zero attached hydrogens (tertiary/aromatic N) is 2. The third kappa shape index (κ3) is 2.55. The highest BCUT2D eigenvalue weighted by Gasteiger charge is 2.19. The van der Waals surface area contributed by atoms with E-state index in [9.17, 15) is 9.90 Å². The van der Waals surface area contributed by atoms with Gasteiger partial charge in [-0.05, 0) is 29.8 Å². The Bertz CT molecular complexity index is 1100. The Morgan fingerprint density at radius 2 is 1.64 bits per heavy atom. The van der Waals surface area contributed by atoms with Gasteiger partial charge in [-0.3, -0.25) is 4.79 Å². The van der Waals surface area contributed by atoms with Crippen LogP contribution in [0, 0.1) is 0 Å². The topological polar surface area (TPSA) is 76.2 Å². The SMILES string of the molecule is CC(=O)c1ccccc1-c1nnc(-c2c(O)ccc3ccccc23)o1. The van der Waals surface area contributed by atoms with Crippen LogP contribution >= 0.6 is 0 Å². The predicted octanol–water partition coefficient (Wildman–Crippen LogP) is 4.47. The molecule has 5 nitrogen and oxygen atoms in total. The van der Waals surface area contributed by atoms with Gasteiger partial charge < -0.3 is 9.52 Å². The van der Waals surface area contributed by atoms with Crippen molar-refractivity contribution in [3.63, 3.8) is 0 Å². The molecule has 1 aromatic heterocycles. The molecular weight excluding hydrogens is 316 g/mol. The van der Waals surface area contributed by atoms with Crippen molar-refractivity contribution in [3.05, 3.63) is 66.2 Å². The first-order chi connectivity index (χ1) is 12.1. The van der Waals surface area contributed by atoms with Gasteiger partial charge in [0.15, 0.2) is 5.78 Å². The van der Waals surface area contributed by atoms with Gasteiger partial charge in [0.05, 0.1) is 5.56 Å². The van der Waals surface area contributed by atoms with E-state index in [1.807, 2.05) is 30.3 Å². The number of ketones is 1. The van der Waals surface area contributed by atoms with Crippen molar-refractivity contribution in [2.24, 2.45) is 0 Å². The Balaban J connectivity index is 1.89. The summed E-state index contributed by atoms with van der Waals surface area (Å²) in [7, 11) is 0. The van der Waals surface area contributed by atoms with Gasteiger partial charge in [0.2, 0.25) is 5.89 Å². The van der Waals surface area contributed by atoms with Gasteiger partial charge in [-0.1, -0.05) is 48.5 Å². The second kappa shape index (κ2) is 5.87. The number of aromatic nitrogens is 2. The lowest BCUT2D eigenvalue weighted by Gasteiger charge is -2.05. The molecule has 4 rings (SSSR count). The fraction of sp³-hybridized carbons (Fsp3) is 0.0500. The molecule has 1 heterocycles. The highest BCUT2D eigenvalue weighted by atomic mass is 16.4. The lowest BCUT2D eigenvalue weighted by molar-refractivity contribution is 0.101. The Kier molecular flexibility index (Phi) is 3.54. The van der Waals surface area contributed by atoms with Crippen molar-refractivity contribution >= 4 is 16.6 Å². The normalized spacial score (nSPS) is 10.9. The largest absolute Gasteiger partial charge is 0.507 e. The number of carbonyl (C=O) groups is 1. The molecule has 0 atom stereocenters. The first kappa shape index (κ1) is 15.1. The quantitative estimate of drug-likeness (QED) is 0.561. The number of carbonyl (C=O) groups excluding carboxylic acids is 1. The lowest BCUT2D eigenvalue weighted by Crippen LogP contribution is -1.95. The number of fused-ring (bicyclic) bond motifs is 1. The third-order valence-electron chi connectivity index (χ3n) is 4.08. The van der Waals surface area contributed by atoms with Gasteiger partial charge in [-0.15, -0.1) is 10.2 Å². The molecule has 0 unspecified atom stereocenters. The van der Waals surface area contributed by atoms with E-state index in [2.05, 4.69) is 10.2 Å². The number of benzene rings is 3. The molecule has 0 fully saturated rings. The Morgan fingerprint density at radius 1 is 0.920 bits per heavy atom. The van der Waals surface area contributed by atoms with Crippen molar-refractivity contribution in [1.29, 1.82) is 0 Å². The van der Waals surface area contributed by atoms with E-state index in [0.29, 0.717) is 16.7 Å². The maximum absolute atomic E-state index is 11.8. The maximum atomic E-state index is 11.8. The fourth-order valence-electron chi connectivity index (χ4n) is 2.89. The van der Waals surface area contributed by atoms with E-state index in [-0.39, 0.29) is 23.3 Å². The highest BCUT2D eigenvalue weighted by Crippen LogP contribution is 2.37. The van der Waals surface area contributed by atoms with E-state index in [0.717, 1.165) is 10.8 Å². The molecule has 0 saturated carbocycles. The maximum Gasteiger partial charge on any atom is 0.252 e. The van der Waals surface area contributed by atoms with E-state index in [4.69, 9.17) is 4.42 Å². The minimum atomic E-state index is -0.0802. The number of phenols is 1. The molecule has 4 aromatic rings. The van der Waals surface area contributed by atoms with Crippen LogP contribution in [0.4, 0.5) is 0 Å². The van der Waals surface area contributed by atoms with Gasteiger partial charge in [-0.25, -0.2) is 0 Å². The summed E-state index contributed by atoms with van der Waals surface area (Å²) < 4.78 is 5.80. The summed E-state index contributed by atoms with van der Waals surface area (Å²) in [5, 5.41) is 20.2. The van der Waals surface area contributed by atoms with Crippen LogP contribution in [0.25, 0.3) is 33.7 Å². The van der Waals surface area contributed by atoms with E-state index in [1.165, 1.54) is 6.92 Å². The summed E-state index contributed by atoms with van der Waals surface area (Å²) in [5.74, 6) is 0.438. The highest BCUT2D eigenvalue weighted by molar-refractivity contribution is 6.00. The summed E-state index contributed by atoms with van der Waals surface area (Å²) in [6.07, 6.45) is 0. The molecule has 5 heteroatoms. The summed E-state index contributed by atoms with van der Waals surface area (Å²) in [4.78, 5) is 11.8. The molecular formula is C20H14N2O3. The van der Waals surface area contributed by atoms with Crippen LogP contribution in [0.1, 0.15) is 17.3 Å². The molecule has 25 heavy (non-hydrogen) atoms. The van der Waals surface area contributed by atoms with Gasteiger partial charge in [-0.2, -0.15) is 0 Å². The molecule has 0 aliphatic rings. The second-order valence-electron chi connectivity index (χ2n) is 5.69. The standard InChI is InChI=1S/C20H14N2O3/c1-12(23)14-7-4-5-9-16(14)19-21-22-20(25-19)18-15-8-3-2-6-13(15)10-11-17(18)24/h2-11,24H,1H3. The molecule has 3 aromatic carbocycles. The van der Waals surface area contributed by atoms with Crippen molar-refractivity contribution in [3.8, 4) is 28.7 Å². The van der Waals surface area contributed by atoms with E-state index >= 15 is 0 Å². The smallest absolute Gasteiger partial charge is 0.252 e. The van der Waals surface area contributed by atoms with Gasteiger partial charge in [0.1, 0.15) is 5.75 Å². The summed E-state index contributed by atoms with van der Waals surface area (Å²) in [6, 6.07) is 18.1. The van der Waals surface area contributed by atoms with Crippen LogP contribution in [0.3, 0.4) is 0 Å².